The quantitative estimate of drug-likeness (QED) is 0.731. The fourth-order valence-corrected chi connectivity index (χ4v) is 2.29. The first-order valence-electron chi connectivity index (χ1n) is 5.48. The van der Waals surface area contributed by atoms with Crippen LogP contribution in [0.3, 0.4) is 0 Å². The molecule has 0 spiro atoms. The molecule has 2 N–H and O–H groups in total. The molecular formula is C11H23NO. The Balaban J connectivity index is 2.39. The molecule has 1 saturated heterocycles. The van der Waals surface area contributed by atoms with Gasteiger partial charge >= 0.3 is 0 Å². The van der Waals surface area contributed by atoms with Gasteiger partial charge in [0.05, 0.1) is 6.10 Å². The van der Waals surface area contributed by atoms with Crippen molar-refractivity contribution in [1.29, 1.82) is 0 Å². The number of ether oxygens (including phenoxy) is 1. The molecule has 0 radical (unpaired) electrons. The number of rotatable bonds is 3. The molecule has 1 heterocycles. The first-order chi connectivity index (χ1) is 6.11. The van der Waals surface area contributed by atoms with E-state index in [1.807, 2.05) is 0 Å². The van der Waals surface area contributed by atoms with Gasteiger partial charge in [-0.05, 0) is 31.1 Å². The van der Waals surface area contributed by atoms with Crippen LogP contribution in [-0.4, -0.2) is 18.8 Å². The minimum Gasteiger partial charge on any atom is -0.376 e. The number of nitrogens with two attached hydrogens (primary N) is 1. The lowest BCUT2D eigenvalue weighted by Gasteiger charge is -2.34. The Labute approximate surface area is 81.8 Å². The van der Waals surface area contributed by atoms with E-state index < -0.39 is 0 Å². The van der Waals surface area contributed by atoms with Crippen LogP contribution < -0.4 is 5.73 Å². The van der Waals surface area contributed by atoms with E-state index in [1.54, 1.807) is 0 Å². The Kier molecular flexibility index (Phi) is 4.20. The normalized spacial score (nSPS) is 32.1. The summed E-state index contributed by atoms with van der Waals surface area (Å²) in [5.74, 6) is 1.35. The van der Waals surface area contributed by atoms with E-state index in [2.05, 4.69) is 20.8 Å². The van der Waals surface area contributed by atoms with Gasteiger partial charge in [0.25, 0.3) is 0 Å². The van der Waals surface area contributed by atoms with E-state index in [0.29, 0.717) is 12.0 Å². The fraction of sp³-hybridized carbons (Fsp3) is 1.00. The molecule has 2 heteroatoms. The van der Waals surface area contributed by atoms with Crippen molar-refractivity contribution in [3.05, 3.63) is 0 Å². The summed E-state index contributed by atoms with van der Waals surface area (Å²) in [5, 5.41) is 0. The Morgan fingerprint density at radius 2 is 2.08 bits per heavy atom. The Morgan fingerprint density at radius 1 is 1.38 bits per heavy atom. The zero-order chi connectivity index (χ0) is 9.84. The van der Waals surface area contributed by atoms with Gasteiger partial charge in [-0.3, -0.25) is 0 Å². The number of hydrogen-bond acceptors (Lipinski definition) is 2. The van der Waals surface area contributed by atoms with Crippen molar-refractivity contribution in [2.75, 3.05) is 6.61 Å². The molecule has 2 nitrogen and oxygen atoms in total. The first kappa shape index (κ1) is 11.0. The smallest absolute Gasteiger partial charge is 0.0751 e. The molecule has 0 bridgehead atoms. The molecule has 0 amide bonds. The van der Waals surface area contributed by atoms with Crippen molar-refractivity contribution in [1.82, 2.24) is 0 Å². The standard InChI is InChI=1S/C11H23NO/c1-8(2)7-9(3)11-10(12)5-4-6-13-11/h8-11H,4-7,12H2,1-3H3. The van der Waals surface area contributed by atoms with Gasteiger partial charge in [0.2, 0.25) is 0 Å². The highest BCUT2D eigenvalue weighted by Crippen LogP contribution is 2.24. The maximum atomic E-state index is 6.03. The Hall–Kier alpha value is -0.0800. The summed E-state index contributed by atoms with van der Waals surface area (Å²) in [7, 11) is 0. The minimum absolute atomic E-state index is 0.266. The third kappa shape index (κ3) is 3.28. The summed E-state index contributed by atoms with van der Waals surface area (Å²) in [4.78, 5) is 0. The zero-order valence-electron chi connectivity index (χ0n) is 9.12. The van der Waals surface area contributed by atoms with E-state index in [9.17, 15) is 0 Å². The van der Waals surface area contributed by atoms with Gasteiger partial charge in [0.15, 0.2) is 0 Å². The molecule has 1 rings (SSSR count). The van der Waals surface area contributed by atoms with Gasteiger partial charge in [-0.25, -0.2) is 0 Å². The highest BCUT2D eigenvalue weighted by atomic mass is 16.5. The molecule has 13 heavy (non-hydrogen) atoms. The maximum absolute atomic E-state index is 6.03. The molecule has 0 aromatic rings. The van der Waals surface area contributed by atoms with Gasteiger partial charge in [-0.2, -0.15) is 0 Å². The molecule has 78 valence electrons. The molecule has 3 atom stereocenters. The average Bonchev–Trinajstić information content (AvgIpc) is 2.03. The van der Waals surface area contributed by atoms with Crippen molar-refractivity contribution >= 4 is 0 Å². The van der Waals surface area contributed by atoms with E-state index in [-0.39, 0.29) is 6.04 Å². The third-order valence-electron chi connectivity index (χ3n) is 2.82. The number of hydrogen-bond donors (Lipinski definition) is 1. The SMILES string of the molecule is CC(C)CC(C)C1OCCCC1N. The van der Waals surface area contributed by atoms with Crippen molar-refractivity contribution in [3.8, 4) is 0 Å². The van der Waals surface area contributed by atoms with Gasteiger partial charge < -0.3 is 10.5 Å². The minimum atomic E-state index is 0.266. The maximum Gasteiger partial charge on any atom is 0.0751 e. The summed E-state index contributed by atoms with van der Waals surface area (Å²) < 4.78 is 5.73. The van der Waals surface area contributed by atoms with E-state index in [4.69, 9.17) is 10.5 Å². The summed E-state index contributed by atoms with van der Waals surface area (Å²) in [6.07, 6.45) is 3.79. The first-order valence-corrected chi connectivity index (χ1v) is 5.48. The topological polar surface area (TPSA) is 35.2 Å². The van der Waals surface area contributed by atoms with Crippen LogP contribution >= 0.6 is 0 Å². The molecule has 1 fully saturated rings. The lowest BCUT2D eigenvalue weighted by molar-refractivity contribution is -0.0343. The molecular weight excluding hydrogens is 162 g/mol. The van der Waals surface area contributed by atoms with Gasteiger partial charge in [0, 0.05) is 12.6 Å². The molecule has 1 aliphatic heterocycles. The lowest BCUT2D eigenvalue weighted by Crippen LogP contribution is -2.44. The van der Waals surface area contributed by atoms with Crippen molar-refractivity contribution in [3.63, 3.8) is 0 Å². The fourth-order valence-electron chi connectivity index (χ4n) is 2.29. The van der Waals surface area contributed by atoms with Crippen LogP contribution in [0, 0.1) is 11.8 Å². The van der Waals surface area contributed by atoms with E-state index in [0.717, 1.165) is 25.4 Å². The second kappa shape index (κ2) is 4.97. The molecule has 3 unspecified atom stereocenters. The predicted octanol–water partition coefficient (Wildman–Crippen LogP) is 2.17. The molecule has 1 aliphatic rings. The van der Waals surface area contributed by atoms with Crippen LogP contribution in [0.25, 0.3) is 0 Å². The Bertz CT molecular complexity index is 147. The van der Waals surface area contributed by atoms with Gasteiger partial charge in [-0.15, -0.1) is 0 Å². The second-order valence-electron chi connectivity index (χ2n) is 4.75. The van der Waals surface area contributed by atoms with E-state index in [1.165, 1.54) is 6.42 Å². The highest BCUT2D eigenvalue weighted by molar-refractivity contribution is 4.81. The molecule has 0 aromatic carbocycles. The monoisotopic (exact) mass is 185 g/mol. The van der Waals surface area contributed by atoms with Crippen LogP contribution in [0.2, 0.25) is 0 Å². The van der Waals surface area contributed by atoms with Crippen LogP contribution in [0.4, 0.5) is 0 Å². The van der Waals surface area contributed by atoms with Crippen LogP contribution in [0.1, 0.15) is 40.0 Å². The summed E-state index contributed by atoms with van der Waals surface area (Å²) in [6, 6.07) is 0.266. The average molecular weight is 185 g/mol. The van der Waals surface area contributed by atoms with Crippen LogP contribution in [0.15, 0.2) is 0 Å². The van der Waals surface area contributed by atoms with E-state index >= 15 is 0 Å². The van der Waals surface area contributed by atoms with Crippen molar-refractivity contribution < 1.29 is 4.74 Å². The van der Waals surface area contributed by atoms with Gasteiger partial charge in [0.1, 0.15) is 0 Å². The molecule has 0 aromatic heterocycles. The van der Waals surface area contributed by atoms with Crippen molar-refractivity contribution in [2.45, 2.75) is 52.2 Å². The molecule has 0 aliphatic carbocycles. The second-order valence-corrected chi connectivity index (χ2v) is 4.75. The molecule has 0 saturated carbocycles. The summed E-state index contributed by atoms with van der Waals surface area (Å²) in [6.45, 7) is 7.67. The zero-order valence-corrected chi connectivity index (χ0v) is 9.12. The van der Waals surface area contributed by atoms with Crippen LogP contribution in [-0.2, 0) is 4.74 Å². The lowest BCUT2D eigenvalue weighted by atomic mass is 9.87. The third-order valence-corrected chi connectivity index (χ3v) is 2.82. The van der Waals surface area contributed by atoms with Crippen molar-refractivity contribution in [2.24, 2.45) is 17.6 Å². The summed E-state index contributed by atoms with van der Waals surface area (Å²) in [5.41, 5.74) is 6.03. The van der Waals surface area contributed by atoms with Gasteiger partial charge in [-0.1, -0.05) is 20.8 Å². The largest absolute Gasteiger partial charge is 0.376 e. The predicted molar refractivity (Wildman–Crippen MR) is 55.6 cm³/mol. The highest BCUT2D eigenvalue weighted by Gasteiger charge is 2.27. The summed E-state index contributed by atoms with van der Waals surface area (Å²) >= 11 is 0. The Morgan fingerprint density at radius 3 is 2.62 bits per heavy atom. The van der Waals surface area contributed by atoms with Crippen LogP contribution in [0.5, 0.6) is 0 Å².